The van der Waals surface area contributed by atoms with Gasteiger partial charge in [0.15, 0.2) is 0 Å². The number of piperazine rings is 1. The number of aliphatic hydroxyl groups is 1. The van der Waals surface area contributed by atoms with Crippen molar-refractivity contribution in [3.63, 3.8) is 0 Å². The minimum Gasteiger partial charge on any atom is -0.389 e. The minimum absolute atomic E-state index is 0.142. The average Bonchev–Trinajstić information content (AvgIpc) is 2.46. The summed E-state index contributed by atoms with van der Waals surface area (Å²) >= 11 is 0. The van der Waals surface area contributed by atoms with Crippen LogP contribution in [0.2, 0.25) is 0 Å². The second-order valence-corrected chi connectivity index (χ2v) is 6.96. The molecule has 1 saturated heterocycles. The first-order chi connectivity index (χ1) is 10.4. The lowest BCUT2D eigenvalue weighted by Crippen LogP contribution is -2.47. The fourth-order valence-corrected chi connectivity index (χ4v) is 3.00. The first-order valence-electron chi connectivity index (χ1n) is 8.27. The van der Waals surface area contributed by atoms with E-state index in [1.54, 1.807) is 6.07 Å². The predicted molar refractivity (Wildman–Crippen MR) is 88.4 cm³/mol. The van der Waals surface area contributed by atoms with Crippen LogP contribution in [0.25, 0.3) is 0 Å². The van der Waals surface area contributed by atoms with E-state index in [2.05, 4.69) is 16.8 Å². The van der Waals surface area contributed by atoms with Crippen LogP contribution >= 0.6 is 0 Å². The lowest BCUT2D eigenvalue weighted by Gasteiger charge is -2.37. The molecule has 22 heavy (non-hydrogen) atoms. The third kappa shape index (κ3) is 4.77. The third-order valence-corrected chi connectivity index (χ3v) is 4.93. The first kappa shape index (κ1) is 17.4. The van der Waals surface area contributed by atoms with E-state index < -0.39 is 5.60 Å². The zero-order valence-corrected chi connectivity index (χ0v) is 14.1. The monoisotopic (exact) mass is 308 g/mol. The van der Waals surface area contributed by atoms with E-state index in [4.69, 9.17) is 0 Å². The molecule has 1 aromatic rings. The molecule has 2 rings (SSSR count). The zero-order chi connectivity index (χ0) is 16.2. The Morgan fingerprint density at radius 1 is 1.23 bits per heavy atom. The van der Waals surface area contributed by atoms with E-state index in [0.29, 0.717) is 6.42 Å². The standard InChI is InChI=1S/C18H29FN2O/c1-15(2)18(22,14-16-5-4-6-17(19)13-16)7-8-21-11-9-20(3)10-12-21/h4-6,13,15,22H,7-12,14H2,1-3H3. The molecule has 1 aromatic carbocycles. The second-order valence-electron chi connectivity index (χ2n) is 6.96. The summed E-state index contributed by atoms with van der Waals surface area (Å²) in [5, 5.41) is 11.1. The van der Waals surface area contributed by atoms with Gasteiger partial charge in [0.25, 0.3) is 0 Å². The Balaban J connectivity index is 1.95. The Kier molecular flexibility index (Phi) is 5.95. The SMILES string of the molecule is CC(C)C(O)(CCN1CCN(C)CC1)Cc1cccc(F)c1. The van der Waals surface area contributed by atoms with E-state index >= 15 is 0 Å². The van der Waals surface area contributed by atoms with E-state index in [1.807, 2.05) is 19.9 Å². The molecule has 3 nitrogen and oxygen atoms in total. The Morgan fingerprint density at radius 3 is 2.50 bits per heavy atom. The molecule has 0 aliphatic carbocycles. The van der Waals surface area contributed by atoms with Crippen LogP contribution in [0.1, 0.15) is 25.8 Å². The molecule has 1 heterocycles. The van der Waals surface area contributed by atoms with Crippen molar-refractivity contribution in [1.29, 1.82) is 0 Å². The molecular formula is C18H29FN2O. The fourth-order valence-electron chi connectivity index (χ4n) is 3.00. The van der Waals surface area contributed by atoms with Crippen LogP contribution < -0.4 is 0 Å². The van der Waals surface area contributed by atoms with Crippen molar-refractivity contribution < 1.29 is 9.50 Å². The summed E-state index contributed by atoms with van der Waals surface area (Å²) in [6.45, 7) is 9.29. The quantitative estimate of drug-likeness (QED) is 0.874. The topological polar surface area (TPSA) is 26.7 Å². The largest absolute Gasteiger partial charge is 0.389 e. The summed E-state index contributed by atoms with van der Waals surface area (Å²) in [6, 6.07) is 6.59. The molecule has 0 aromatic heterocycles. The van der Waals surface area contributed by atoms with Crippen molar-refractivity contribution in [2.75, 3.05) is 39.8 Å². The molecule has 124 valence electrons. The molecule has 0 bridgehead atoms. The van der Waals surface area contributed by atoms with E-state index in [1.165, 1.54) is 12.1 Å². The fraction of sp³-hybridized carbons (Fsp3) is 0.667. The maximum Gasteiger partial charge on any atom is 0.123 e. The Hall–Kier alpha value is -0.970. The highest BCUT2D eigenvalue weighted by molar-refractivity contribution is 5.18. The van der Waals surface area contributed by atoms with Gasteiger partial charge in [-0.25, -0.2) is 4.39 Å². The van der Waals surface area contributed by atoms with Gasteiger partial charge in [-0.05, 0) is 37.1 Å². The van der Waals surface area contributed by atoms with Gasteiger partial charge < -0.3 is 14.9 Å². The van der Waals surface area contributed by atoms with Crippen molar-refractivity contribution in [2.45, 2.75) is 32.3 Å². The third-order valence-electron chi connectivity index (χ3n) is 4.93. The number of halogens is 1. The molecule has 0 amide bonds. The van der Waals surface area contributed by atoms with Crippen molar-refractivity contribution >= 4 is 0 Å². The summed E-state index contributed by atoms with van der Waals surface area (Å²) in [6.07, 6.45) is 1.24. The maximum absolute atomic E-state index is 13.4. The van der Waals surface area contributed by atoms with Crippen molar-refractivity contribution in [3.05, 3.63) is 35.6 Å². The van der Waals surface area contributed by atoms with Crippen molar-refractivity contribution in [2.24, 2.45) is 5.92 Å². The van der Waals surface area contributed by atoms with Crippen LogP contribution in [0.15, 0.2) is 24.3 Å². The van der Waals surface area contributed by atoms with Crippen molar-refractivity contribution in [1.82, 2.24) is 9.80 Å². The number of nitrogens with zero attached hydrogens (tertiary/aromatic N) is 2. The summed E-state index contributed by atoms with van der Waals surface area (Å²) in [5.41, 5.74) is 0.0894. The van der Waals surface area contributed by atoms with E-state index in [0.717, 1.165) is 44.7 Å². The van der Waals surface area contributed by atoms with Crippen LogP contribution in [0.4, 0.5) is 4.39 Å². The smallest absolute Gasteiger partial charge is 0.123 e. The summed E-state index contributed by atoms with van der Waals surface area (Å²) in [5.74, 6) is -0.0918. The van der Waals surface area contributed by atoms with E-state index in [-0.39, 0.29) is 11.7 Å². The lowest BCUT2D eigenvalue weighted by molar-refractivity contribution is -0.0228. The summed E-state index contributed by atoms with van der Waals surface area (Å²) in [4.78, 5) is 4.75. The predicted octanol–water partition coefficient (Wildman–Crippen LogP) is 2.39. The van der Waals surface area contributed by atoms with Gasteiger partial charge in [0.2, 0.25) is 0 Å². The highest BCUT2D eigenvalue weighted by Crippen LogP contribution is 2.27. The maximum atomic E-state index is 13.4. The Bertz CT molecular complexity index is 472. The molecule has 1 atom stereocenters. The van der Waals surface area contributed by atoms with Crippen LogP contribution in [0.5, 0.6) is 0 Å². The van der Waals surface area contributed by atoms with Gasteiger partial charge in [-0.3, -0.25) is 0 Å². The number of hydrogen-bond acceptors (Lipinski definition) is 3. The van der Waals surface area contributed by atoms with Crippen LogP contribution in [-0.2, 0) is 6.42 Å². The Morgan fingerprint density at radius 2 is 1.91 bits per heavy atom. The summed E-state index contributed by atoms with van der Waals surface area (Å²) < 4.78 is 13.4. The Labute approximate surface area is 133 Å². The summed E-state index contributed by atoms with van der Waals surface area (Å²) in [7, 11) is 2.14. The van der Waals surface area contributed by atoms with Crippen LogP contribution in [0.3, 0.4) is 0 Å². The molecule has 4 heteroatoms. The molecule has 1 fully saturated rings. The van der Waals surface area contributed by atoms with Gasteiger partial charge in [0.05, 0.1) is 5.60 Å². The van der Waals surface area contributed by atoms with Crippen LogP contribution in [-0.4, -0.2) is 60.3 Å². The number of rotatable bonds is 6. The van der Waals surface area contributed by atoms with Gasteiger partial charge in [-0.15, -0.1) is 0 Å². The van der Waals surface area contributed by atoms with Gasteiger partial charge in [-0.1, -0.05) is 26.0 Å². The average molecular weight is 308 g/mol. The van der Waals surface area contributed by atoms with Gasteiger partial charge in [-0.2, -0.15) is 0 Å². The van der Waals surface area contributed by atoms with Gasteiger partial charge in [0, 0.05) is 39.1 Å². The molecule has 1 aliphatic rings. The minimum atomic E-state index is -0.781. The second kappa shape index (κ2) is 7.53. The van der Waals surface area contributed by atoms with Gasteiger partial charge in [0.1, 0.15) is 5.82 Å². The van der Waals surface area contributed by atoms with E-state index in [9.17, 15) is 9.50 Å². The molecule has 0 radical (unpaired) electrons. The highest BCUT2D eigenvalue weighted by Gasteiger charge is 2.32. The van der Waals surface area contributed by atoms with Crippen LogP contribution in [0, 0.1) is 11.7 Å². The molecule has 1 aliphatic heterocycles. The molecule has 0 saturated carbocycles. The van der Waals surface area contributed by atoms with Gasteiger partial charge >= 0.3 is 0 Å². The number of likely N-dealkylation sites (N-methyl/N-ethyl adjacent to an activating group) is 1. The molecule has 1 unspecified atom stereocenters. The number of benzene rings is 1. The lowest BCUT2D eigenvalue weighted by atomic mass is 9.81. The normalized spacial score (nSPS) is 20.3. The van der Waals surface area contributed by atoms with Crippen molar-refractivity contribution in [3.8, 4) is 0 Å². The molecular weight excluding hydrogens is 279 g/mol. The molecule has 0 spiro atoms. The zero-order valence-electron chi connectivity index (χ0n) is 14.1. The highest BCUT2D eigenvalue weighted by atomic mass is 19.1. The number of hydrogen-bond donors (Lipinski definition) is 1. The molecule has 1 N–H and O–H groups in total. The first-order valence-corrected chi connectivity index (χ1v) is 8.27.